The summed E-state index contributed by atoms with van der Waals surface area (Å²) in [5.41, 5.74) is 1.67. The number of rotatable bonds is 2. The second kappa shape index (κ2) is 8.12. The molecule has 0 aliphatic carbocycles. The van der Waals surface area contributed by atoms with Gasteiger partial charge in [-0.05, 0) is 60.9 Å². The van der Waals surface area contributed by atoms with E-state index in [1.54, 1.807) is 38.2 Å². The molecule has 10 heteroatoms. The third kappa shape index (κ3) is 4.94. The molecule has 0 saturated heterocycles. The fourth-order valence-electron chi connectivity index (χ4n) is 2.92. The third-order valence-electron chi connectivity index (χ3n) is 4.37. The van der Waals surface area contributed by atoms with E-state index in [0.29, 0.717) is 21.8 Å². The normalized spacial score (nSPS) is 16.2. The van der Waals surface area contributed by atoms with Crippen molar-refractivity contribution in [1.29, 1.82) is 0 Å². The molecule has 2 aromatic rings. The van der Waals surface area contributed by atoms with Gasteiger partial charge in [0.2, 0.25) is 0 Å². The maximum absolute atomic E-state index is 12.9. The van der Waals surface area contributed by atoms with Crippen LogP contribution in [0, 0.1) is 0 Å². The maximum atomic E-state index is 12.9. The zero-order valence-corrected chi connectivity index (χ0v) is 16.9. The summed E-state index contributed by atoms with van der Waals surface area (Å²) in [6, 6.07) is 8.46. The lowest BCUT2D eigenvalue weighted by Gasteiger charge is -2.28. The van der Waals surface area contributed by atoms with Crippen LogP contribution >= 0.6 is 23.2 Å². The number of urea groups is 1. The number of carbonyl (C=O) groups excluding carboxylic acids is 1. The van der Waals surface area contributed by atoms with Gasteiger partial charge in [-0.25, -0.2) is 9.80 Å². The zero-order chi connectivity index (χ0) is 21.3. The summed E-state index contributed by atoms with van der Waals surface area (Å²) < 4.78 is 41.7. The maximum Gasteiger partial charge on any atom is 0.573 e. The Bertz CT molecular complexity index is 949. The molecule has 154 valence electrons. The fourth-order valence-corrected chi connectivity index (χ4v) is 3.26. The van der Waals surface area contributed by atoms with Crippen LogP contribution in [0.2, 0.25) is 10.0 Å². The van der Waals surface area contributed by atoms with Crippen LogP contribution in [0.3, 0.4) is 0 Å². The van der Waals surface area contributed by atoms with Gasteiger partial charge in [0.15, 0.2) is 0 Å². The molecule has 29 heavy (non-hydrogen) atoms. The molecule has 0 aromatic heterocycles. The molecule has 0 fully saturated rings. The molecule has 1 aliphatic heterocycles. The average molecular weight is 446 g/mol. The molecule has 0 N–H and O–H groups in total. The minimum atomic E-state index is -4.86. The average Bonchev–Trinajstić information content (AvgIpc) is 2.78. The first-order valence-electron chi connectivity index (χ1n) is 8.50. The monoisotopic (exact) mass is 445 g/mol. The van der Waals surface area contributed by atoms with Crippen molar-refractivity contribution in [3.05, 3.63) is 57.6 Å². The summed E-state index contributed by atoms with van der Waals surface area (Å²) in [5, 5.41) is 5.84. The summed E-state index contributed by atoms with van der Waals surface area (Å²) in [7, 11) is 1.60. The molecule has 0 radical (unpaired) electrons. The quantitative estimate of drug-likeness (QED) is 0.592. The summed E-state index contributed by atoms with van der Waals surface area (Å²) in [4.78, 5) is 14.3. The molecule has 2 aromatic carbocycles. The van der Waals surface area contributed by atoms with E-state index >= 15 is 0 Å². The van der Waals surface area contributed by atoms with E-state index in [1.807, 2.05) is 0 Å². The third-order valence-corrected chi connectivity index (χ3v) is 4.92. The van der Waals surface area contributed by atoms with Gasteiger partial charge in [0, 0.05) is 17.8 Å². The lowest BCUT2D eigenvalue weighted by molar-refractivity contribution is -0.274. The van der Waals surface area contributed by atoms with E-state index in [4.69, 9.17) is 23.2 Å². The summed E-state index contributed by atoms with van der Waals surface area (Å²) >= 11 is 11.8. The number of benzene rings is 2. The van der Waals surface area contributed by atoms with Crippen LogP contribution in [0.1, 0.15) is 18.1 Å². The first kappa shape index (κ1) is 21.3. The Morgan fingerprint density at radius 3 is 2.52 bits per heavy atom. The standard InChI is InChI=1S/C19H16Cl2F3N3O2/c1-11-7-12-9-17(29-19(22,23)24)16(21)8-13(12)10-25-27(11)18(28)26(2)15-5-3-14(20)4-6-15/h3-6,8-11H,7H2,1-2H3/t11-/m0/s1. The summed E-state index contributed by atoms with van der Waals surface area (Å²) in [5.74, 6) is -0.489. The number of amides is 2. The SMILES string of the molecule is C[C@H]1Cc2cc(OC(F)(F)F)c(Cl)cc2C=NN1C(=O)N(C)c1ccc(Cl)cc1. The highest BCUT2D eigenvalue weighted by Crippen LogP contribution is 2.34. The van der Waals surface area contributed by atoms with E-state index in [-0.39, 0.29) is 11.4 Å². The molecule has 1 atom stereocenters. The van der Waals surface area contributed by atoms with E-state index < -0.39 is 24.2 Å². The number of hydrogen-bond acceptors (Lipinski definition) is 3. The van der Waals surface area contributed by atoms with Crippen LogP contribution in [0.25, 0.3) is 0 Å². The predicted octanol–water partition coefficient (Wildman–Crippen LogP) is 5.73. The molecule has 0 spiro atoms. The van der Waals surface area contributed by atoms with E-state index in [9.17, 15) is 18.0 Å². The second-order valence-corrected chi connectivity index (χ2v) is 7.33. The first-order chi connectivity index (χ1) is 13.5. The van der Waals surface area contributed by atoms with Crippen LogP contribution in [0.15, 0.2) is 41.5 Å². The van der Waals surface area contributed by atoms with Crippen molar-refractivity contribution in [2.24, 2.45) is 5.10 Å². The van der Waals surface area contributed by atoms with Crippen LogP contribution in [0.4, 0.5) is 23.7 Å². The Morgan fingerprint density at radius 1 is 1.24 bits per heavy atom. The molecule has 5 nitrogen and oxygen atoms in total. The number of hydrazone groups is 1. The number of alkyl halides is 3. The van der Waals surface area contributed by atoms with E-state index in [1.165, 1.54) is 28.3 Å². The Morgan fingerprint density at radius 2 is 1.90 bits per heavy atom. The van der Waals surface area contributed by atoms with Crippen molar-refractivity contribution in [3.8, 4) is 5.75 Å². The van der Waals surface area contributed by atoms with Gasteiger partial charge in [-0.2, -0.15) is 5.10 Å². The van der Waals surface area contributed by atoms with Gasteiger partial charge >= 0.3 is 12.4 Å². The molecule has 1 heterocycles. The number of anilines is 1. The van der Waals surface area contributed by atoms with E-state index in [2.05, 4.69) is 9.84 Å². The van der Waals surface area contributed by atoms with Gasteiger partial charge in [0.1, 0.15) is 5.75 Å². The van der Waals surface area contributed by atoms with Gasteiger partial charge in [-0.3, -0.25) is 4.90 Å². The first-order valence-corrected chi connectivity index (χ1v) is 9.25. The highest BCUT2D eigenvalue weighted by molar-refractivity contribution is 6.32. The summed E-state index contributed by atoms with van der Waals surface area (Å²) in [6.45, 7) is 1.75. The highest BCUT2D eigenvalue weighted by Gasteiger charge is 2.33. The van der Waals surface area contributed by atoms with Gasteiger partial charge in [-0.1, -0.05) is 23.2 Å². The summed E-state index contributed by atoms with van der Waals surface area (Å²) in [6.07, 6.45) is -3.19. The van der Waals surface area contributed by atoms with Crippen LogP contribution in [-0.4, -0.2) is 36.7 Å². The minimum absolute atomic E-state index is 0.196. The van der Waals surface area contributed by atoms with Crippen molar-refractivity contribution >= 4 is 41.1 Å². The molecule has 0 saturated carbocycles. The van der Waals surface area contributed by atoms with Crippen molar-refractivity contribution in [1.82, 2.24) is 5.01 Å². The van der Waals surface area contributed by atoms with Crippen molar-refractivity contribution < 1.29 is 22.7 Å². The van der Waals surface area contributed by atoms with Crippen LogP contribution < -0.4 is 9.64 Å². The smallest absolute Gasteiger partial charge is 0.404 e. The van der Waals surface area contributed by atoms with Crippen LogP contribution in [0.5, 0.6) is 5.75 Å². The molecular weight excluding hydrogens is 430 g/mol. The zero-order valence-electron chi connectivity index (χ0n) is 15.4. The molecule has 0 unspecified atom stereocenters. The topological polar surface area (TPSA) is 45.1 Å². The second-order valence-electron chi connectivity index (χ2n) is 6.49. The van der Waals surface area contributed by atoms with E-state index in [0.717, 1.165) is 0 Å². The minimum Gasteiger partial charge on any atom is -0.404 e. The number of ether oxygens (including phenoxy) is 1. The molecule has 0 bridgehead atoms. The van der Waals surface area contributed by atoms with Crippen LogP contribution in [-0.2, 0) is 6.42 Å². The molecular formula is C19H16Cl2F3N3O2. The molecule has 3 rings (SSSR count). The Hall–Kier alpha value is -2.45. The number of nitrogens with zero attached hydrogens (tertiary/aromatic N) is 3. The Labute approximate surface area is 175 Å². The number of hydrogen-bond donors (Lipinski definition) is 0. The van der Waals surface area contributed by atoms with Gasteiger partial charge in [0.05, 0.1) is 17.3 Å². The Kier molecular flexibility index (Phi) is 5.95. The lowest BCUT2D eigenvalue weighted by Crippen LogP contribution is -2.43. The lowest BCUT2D eigenvalue weighted by atomic mass is 10.0. The van der Waals surface area contributed by atoms with Crippen molar-refractivity contribution in [3.63, 3.8) is 0 Å². The van der Waals surface area contributed by atoms with Gasteiger partial charge in [-0.15, -0.1) is 13.2 Å². The largest absolute Gasteiger partial charge is 0.573 e. The van der Waals surface area contributed by atoms with Crippen molar-refractivity contribution in [2.75, 3.05) is 11.9 Å². The number of fused-ring (bicyclic) bond motifs is 1. The fraction of sp³-hybridized carbons (Fsp3) is 0.263. The van der Waals surface area contributed by atoms with Gasteiger partial charge in [0.25, 0.3) is 0 Å². The predicted molar refractivity (Wildman–Crippen MR) is 106 cm³/mol. The molecule has 2 amide bonds. The highest BCUT2D eigenvalue weighted by atomic mass is 35.5. The number of carbonyl (C=O) groups is 1. The van der Waals surface area contributed by atoms with Crippen molar-refractivity contribution in [2.45, 2.75) is 25.7 Å². The molecule has 1 aliphatic rings. The Balaban J connectivity index is 1.85. The van der Waals surface area contributed by atoms with Gasteiger partial charge < -0.3 is 4.74 Å². The number of halogens is 5.